The van der Waals surface area contributed by atoms with Crippen LogP contribution in [0, 0.1) is 5.82 Å². The largest absolute Gasteiger partial charge is 0.498 e. The number of aldehydes is 1. The molecular weight excluding hydrogens is 262 g/mol. The second kappa shape index (κ2) is 4.86. The third-order valence-corrected chi connectivity index (χ3v) is 3.95. The van der Waals surface area contributed by atoms with Crippen molar-refractivity contribution in [2.75, 3.05) is 7.11 Å². The molecule has 1 heterocycles. The molecule has 0 amide bonds. The summed E-state index contributed by atoms with van der Waals surface area (Å²) in [4.78, 5) is 11.0. The average molecular weight is 280 g/mol. The van der Waals surface area contributed by atoms with Gasteiger partial charge >= 0.3 is 7.12 Å². The Morgan fingerprint density at radius 3 is 2.20 bits per heavy atom. The van der Waals surface area contributed by atoms with Gasteiger partial charge in [0.15, 0.2) is 6.29 Å². The van der Waals surface area contributed by atoms with Crippen LogP contribution in [0.4, 0.5) is 4.39 Å². The lowest BCUT2D eigenvalue weighted by atomic mass is 9.77. The lowest BCUT2D eigenvalue weighted by Gasteiger charge is -2.32. The standard InChI is InChI=1S/C14H18BFO4/c1-13(2)14(3,4)20-15(19-13)11-7-10(16)6-9(8-17)12(11)18-5/h6-8H,1-5H3. The van der Waals surface area contributed by atoms with E-state index in [1.165, 1.54) is 13.2 Å². The maximum absolute atomic E-state index is 13.6. The number of benzene rings is 1. The molecule has 0 unspecified atom stereocenters. The van der Waals surface area contributed by atoms with E-state index < -0.39 is 24.1 Å². The van der Waals surface area contributed by atoms with E-state index in [-0.39, 0.29) is 11.3 Å². The van der Waals surface area contributed by atoms with Crippen LogP contribution < -0.4 is 10.2 Å². The Labute approximate surface area is 118 Å². The zero-order chi connectivity index (χ0) is 15.1. The molecule has 1 saturated heterocycles. The maximum Gasteiger partial charge on any atom is 0.498 e. The number of ether oxygens (including phenoxy) is 1. The van der Waals surface area contributed by atoms with Gasteiger partial charge < -0.3 is 14.0 Å². The summed E-state index contributed by atoms with van der Waals surface area (Å²) in [5.74, 6) is -0.252. The van der Waals surface area contributed by atoms with Gasteiger partial charge in [-0.15, -0.1) is 0 Å². The highest BCUT2D eigenvalue weighted by Crippen LogP contribution is 2.37. The fourth-order valence-electron chi connectivity index (χ4n) is 2.10. The van der Waals surface area contributed by atoms with Crippen molar-refractivity contribution < 1.29 is 23.2 Å². The van der Waals surface area contributed by atoms with Gasteiger partial charge in [-0.05, 0) is 39.8 Å². The molecule has 1 aromatic rings. The summed E-state index contributed by atoms with van der Waals surface area (Å²) < 4.78 is 30.6. The second-order valence-corrected chi connectivity index (χ2v) is 5.82. The summed E-state index contributed by atoms with van der Waals surface area (Å²) in [6.45, 7) is 7.61. The molecular formula is C14H18BFO4. The lowest BCUT2D eigenvalue weighted by molar-refractivity contribution is 0.00578. The predicted octanol–water partition coefficient (Wildman–Crippen LogP) is 1.95. The third kappa shape index (κ3) is 2.34. The monoisotopic (exact) mass is 280 g/mol. The van der Waals surface area contributed by atoms with Crippen molar-refractivity contribution in [3.63, 3.8) is 0 Å². The summed E-state index contributed by atoms with van der Waals surface area (Å²) in [5.41, 5.74) is -0.572. The smallest absolute Gasteiger partial charge is 0.496 e. The molecule has 1 aromatic carbocycles. The first-order chi connectivity index (χ1) is 9.21. The van der Waals surface area contributed by atoms with Crippen molar-refractivity contribution in [2.45, 2.75) is 38.9 Å². The van der Waals surface area contributed by atoms with E-state index in [9.17, 15) is 9.18 Å². The Morgan fingerprint density at radius 2 is 1.75 bits per heavy atom. The summed E-state index contributed by atoms with van der Waals surface area (Å²) in [6.07, 6.45) is 0.552. The molecule has 20 heavy (non-hydrogen) atoms. The van der Waals surface area contributed by atoms with Gasteiger partial charge in [-0.1, -0.05) is 0 Å². The van der Waals surface area contributed by atoms with Crippen LogP contribution in [0.15, 0.2) is 12.1 Å². The SMILES string of the molecule is COc1c(C=O)cc(F)cc1B1OC(C)(C)C(C)(C)O1. The maximum atomic E-state index is 13.6. The second-order valence-electron chi connectivity index (χ2n) is 5.82. The molecule has 0 atom stereocenters. The van der Waals surface area contributed by atoms with Gasteiger partial charge in [0.05, 0.1) is 23.9 Å². The molecule has 0 aromatic heterocycles. The van der Waals surface area contributed by atoms with Gasteiger partial charge in [0.1, 0.15) is 11.6 Å². The molecule has 0 aliphatic carbocycles. The molecule has 0 spiro atoms. The van der Waals surface area contributed by atoms with E-state index in [4.69, 9.17) is 14.0 Å². The van der Waals surface area contributed by atoms with Crippen LogP contribution in [0.5, 0.6) is 5.75 Å². The fraction of sp³-hybridized carbons (Fsp3) is 0.500. The van der Waals surface area contributed by atoms with Gasteiger partial charge in [-0.3, -0.25) is 4.79 Å². The zero-order valence-corrected chi connectivity index (χ0v) is 12.3. The van der Waals surface area contributed by atoms with Gasteiger partial charge in [0, 0.05) is 5.46 Å². The van der Waals surface area contributed by atoms with Crippen LogP contribution in [0.3, 0.4) is 0 Å². The summed E-state index contributed by atoms with van der Waals surface area (Å²) in [6, 6.07) is 2.40. The lowest BCUT2D eigenvalue weighted by Crippen LogP contribution is -2.41. The predicted molar refractivity (Wildman–Crippen MR) is 74.1 cm³/mol. The van der Waals surface area contributed by atoms with Gasteiger partial charge in [-0.25, -0.2) is 4.39 Å². The Hall–Kier alpha value is -1.40. The van der Waals surface area contributed by atoms with Crippen molar-refractivity contribution >= 4 is 18.9 Å². The molecule has 0 saturated carbocycles. The van der Waals surface area contributed by atoms with Gasteiger partial charge in [0.2, 0.25) is 0 Å². The molecule has 1 fully saturated rings. The highest BCUT2D eigenvalue weighted by atomic mass is 19.1. The average Bonchev–Trinajstić information content (AvgIpc) is 2.57. The topological polar surface area (TPSA) is 44.8 Å². The minimum Gasteiger partial charge on any atom is -0.496 e. The van der Waals surface area contributed by atoms with E-state index >= 15 is 0 Å². The van der Waals surface area contributed by atoms with E-state index in [1.807, 2.05) is 27.7 Å². The number of hydrogen-bond acceptors (Lipinski definition) is 4. The number of hydrogen-bond donors (Lipinski definition) is 0. The van der Waals surface area contributed by atoms with Crippen LogP contribution in [0.25, 0.3) is 0 Å². The van der Waals surface area contributed by atoms with E-state index in [0.29, 0.717) is 11.7 Å². The molecule has 108 valence electrons. The van der Waals surface area contributed by atoms with Crippen LogP contribution in [0.1, 0.15) is 38.1 Å². The first-order valence-electron chi connectivity index (χ1n) is 6.40. The number of rotatable bonds is 3. The highest BCUT2D eigenvalue weighted by Gasteiger charge is 2.52. The Bertz CT molecular complexity index is 526. The Kier molecular flexibility index (Phi) is 3.65. The molecule has 1 aliphatic rings. The highest BCUT2D eigenvalue weighted by molar-refractivity contribution is 6.63. The first kappa shape index (κ1) is 15.0. The number of carbonyl (C=O) groups excluding carboxylic acids is 1. The zero-order valence-electron chi connectivity index (χ0n) is 12.3. The Balaban J connectivity index is 2.49. The normalized spacial score (nSPS) is 20.0. The molecule has 6 heteroatoms. The molecule has 4 nitrogen and oxygen atoms in total. The molecule has 0 radical (unpaired) electrons. The third-order valence-electron chi connectivity index (χ3n) is 3.95. The van der Waals surface area contributed by atoms with Gasteiger partial charge in [0.25, 0.3) is 0 Å². The fourth-order valence-corrected chi connectivity index (χ4v) is 2.10. The van der Waals surface area contributed by atoms with Crippen LogP contribution >= 0.6 is 0 Å². The molecule has 0 bridgehead atoms. The van der Waals surface area contributed by atoms with E-state index in [1.54, 1.807) is 0 Å². The minimum atomic E-state index is -0.774. The van der Waals surface area contributed by atoms with Crippen molar-refractivity contribution in [2.24, 2.45) is 0 Å². The van der Waals surface area contributed by atoms with Crippen LogP contribution in [0.2, 0.25) is 0 Å². The van der Waals surface area contributed by atoms with E-state index in [0.717, 1.165) is 6.07 Å². The van der Waals surface area contributed by atoms with Crippen LogP contribution in [-0.4, -0.2) is 31.7 Å². The minimum absolute atomic E-state index is 0.136. The quantitative estimate of drug-likeness (QED) is 0.627. The Morgan fingerprint density at radius 1 is 1.20 bits per heavy atom. The number of carbonyl (C=O) groups is 1. The van der Waals surface area contributed by atoms with Crippen molar-refractivity contribution in [3.8, 4) is 5.75 Å². The molecule has 1 aliphatic heterocycles. The molecule has 0 N–H and O–H groups in total. The summed E-state index contributed by atoms with van der Waals surface area (Å²) in [5, 5.41) is 0. The summed E-state index contributed by atoms with van der Waals surface area (Å²) in [7, 11) is 0.652. The van der Waals surface area contributed by atoms with E-state index in [2.05, 4.69) is 0 Å². The van der Waals surface area contributed by atoms with Crippen molar-refractivity contribution in [3.05, 3.63) is 23.5 Å². The summed E-state index contributed by atoms with van der Waals surface area (Å²) >= 11 is 0. The molecule has 2 rings (SSSR count). The van der Waals surface area contributed by atoms with Crippen LogP contribution in [-0.2, 0) is 9.31 Å². The number of halogens is 1. The van der Waals surface area contributed by atoms with Crippen molar-refractivity contribution in [1.82, 2.24) is 0 Å². The van der Waals surface area contributed by atoms with Gasteiger partial charge in [-0.2, -0.15) is 0 Å². The first-order valence-corrected chi connectivity index (χ1v) is 6.40. The number of methoxy groups -OCH3 is 1. The van der Waals surface area contributed by atoms with Crippen molar-refractivity contribution in [1.29, 1.82) is 0 Å².